The van der Waals surface area contributed by atoms with Crippen molar-refractivity contribution < 1.29 is 4.79 Å². The maximum absolute atomic E-state index is 12.9. The number of nitrogens with one attached hydrogen (secondary N) is 2. The van der Waals surface area contributed by atoms with Crippen molar-refractivity contribution >= 4 is 5.91 Å². The summed E-state index contributed by atoms with van der Waals surface area (Å²) in [5, 5.41) is 6.86. The lowest BCUT2D eigenvalue weighted by Gasteiger charge is -2.42. The fourth-order valence-electron chi connectivity index (χ4n) is 4.40. The molecule has 3 unspecified atom stereocenters. The van der Waals surface area contributed by atoms with Crippen LogP contribution in [0.25, 0.3) is 0 Å². The first-order valence-electron chi connectivity index (χ1n) is 8.91. The van der Waals surface area contributed by atoms with Crippen molar-refractivity contribution in [3.63, 3.8) is 0 Å². The monoisotopic (exact) mass is 294 g/mol. The summed E-state index contributed by atoms with van der Waals surface area (Å²) in [4.78, 5) is 12.9. The van der Waals surface area contributed by atoms with E-state index in [-0.39, 0.29) is 10.8 Å². The standard InChI is InChI=1S/C18H34N2O/c1-5-10-18(11-12-19-13-18)16(21)20-15-9-7-6-8-14(15)17(2,3)4/h14-15,19H,5-13H2,1-4H3,(H,20,21). The van der Waals surface area contributed by atoms with Crippen molar-refractivity contribution in [2.45, 2.75) is 78.7 Å². The Morgan fingerprint density at radius 2 is 2.00 bits per heavy atom. The summed E-state index contributed by atoms with van der Waals surface area (Å²) in [6.45, 7) is 11.0. The molecular formula is C18H34N2O. The highest BCUT2D eigenvalue weighted by atomic mass is 16.2. The molecule has 21 heavy (non-hydrogen) atoms. The second-order valence-electron chi connectivity index (χ2n) is 8.29. The third-order valence-electron chi connectivity index (χ3n) is 5.65. The van der Waals surface area contributed by atoms with Gasteiger partial charge in [0.1, 0.15) is 0 Å². The number of rotatable bonds is 4. The van der Waals surface area contributed by atoms with Crippen LogP contribution in [-0.4, -0.2) is 25.0 Å². The third kappa shape index (κ3) is 3.80. The minimum atomic E-state index is -0.144. The fraction of sp³-hybridized carbons (Fsp3) is 0.944. The summed E-state index contributed by atoms with van der Waals surface area (Å²) in [7, 11) is 0. The van der Waals surface area contributed by atoms with Gasteiger partial charge in [0.2, 0.25) is 5.91 Å². The molecule has 1 amide bonds. The van der Waals surface area contributed by atoms with E-state index in [0.29, 0.717) is 17.9 Å². The predicted molar refractivity (Wildman–Crippen MR) is 88.2 cm³/mol. The van der Waals surface area contributed by atoms with Gasteiger partial charge in [0.05, 0.1) is 5.41 Å². The molecule has 1 aliphatic carbocycles. The average molecular weight is 294 g/mol. The number of amides is 1. The van der Waals surface area contributed by atoms with Crippen LogP contribution >= 0.6 is 0 Å². The third-order valence-corrected chi connectivity index (χ3v) is 5.65. The van der Waals surface area contributed by atoms with Crippen LogP contribution in [0, 0.1) is 16.7 Å². The van der Waals surface area contributed by atoms with Crippen LogP contribution in [0.15, 0.2) is 0 Å². The van der Waals surface area contributed by atoms with E-state index in [1.807, 2.05) is 0 Å². The van der Waals surface area contributed by atoms with Crippen molar-refractivity contribution in [3.05, 3.63) is 0 Å². The topological polar surface area (TPSA) is 41.1 Å². The maximum Gasteiger partial charge on any atom is 0.227 e. The van der Waals surface area contributed by atoms with Crippen molar-refractivity contribution in [2.75, 3.05) is 13.1 Å². The summed E-state index contributed by atoms with van der Waals surface area (Å²) < 4.78 is 0. The summed E-state index contributed by atoms with van der Waals surface area (Å²) in [6.07, 6.45) is 8.09. The summed E-state index contributed by atoms with van der Waals surface area (Å²) in [6, 6.07) is 0.376. The van der Waals surface area contributed by atoms with Gasteiger partial charge >= 0.3 is 0 Å². The SMILES string of the molecule is CCCC1(C(=O)NC2CCCCC2C(C)(C)C)CCNC1. The number of hydrogen-bond acceptors (Lipinski definition) is 2. The number of carbonyl (C=O) groups excluding carboxylic acids is 1. The van der Waals surface area contributed by atoms with Gasteiger partial charge in [-0.25, -0.2) is 0 Å². The van der Waals surface area contributed by atoms with Gasteiger partial charge in [-0.15, -0.1) is 0 Å². The minimum absolute atomic E-state index is 0.144. The number of hydrogen-bond donors (Lipinski definition) is 2. The van der Waals surface area contributed by atoms with Crippen LogP contribution in [0.3, 0.4) is 0 Å². The van der Waals surface area contributed by atoms with Gasteiger partial charge in [-0.05, 0) is 43.6 Å². The highest BCUT2D eigenvalue weighted by molar-refractivity contribution is 5.83. The number of carbonyl (C=O) groups is 1. The summed E-state index contributed by atoms with van der Waals surface area (Å²) in [5.41, 5.74) is 0.138. The lowest BCUT2D eigenvalue weighted by molar-refractivity contribution is -0.132. The maximum atomic E-state index is 12.9. The molecule has 0 radical (unpaired) electrons. The predicted octanol–water partition coefficient (Wildman–Crippen LogP) is 3.49. The molecule has 0 aromatic heterocycles. The van der Waals surface area contributed by atoms with Crippen LogP contribution < -0.4 is 10.6 Å². The first kappa shape index (κ1) is 16.8. The molecule has 2 N–H and O–H groups in total. The molecule has 1 aliphatic heterocycles. The van der Waals surface area contributed by atoms with Gasteiger partial charge in [-0.1, -0.05) is 47.0 Å². The van der Waals surface area contributed by atoms with Gasteiger partial charge in [-0.3, -0.25) is 4.79 Å². The van der Waals surface area contributed by atoms with E-state index in [1.54, 1.807) is 0 Å². The van der Waals surface area contributed by atoms with Gasteiger partial charge in [-0.2, -0.15) is 0 Å². The molecule has 0 bridgehead atoms. The Morgan fingerprint density at radius 1 is 1.29 bits per heavy atom. The van der Waals surface area contributed by atoms with Gasteiger partial charge in [0.25, 0.3) is 0 Å². The van der Waals surface area contributed by atoms with E-state index < -0.39 is 0 Å². The first-order chi connectivity index (χ1) is 9.89. The normalized spacial score (nSPS) is 33.9. The molecule has 2 aliphatic rings. The Kier molecular flexibility index (Phi) is 5.34. The second kappa shape index (κ2) is 6.68. The van der Waals surface area contributed by atoms with E-state index in [2.05, 4.69) is 38.3 Å². The Bertz CT molecular complexity index is 353. The van der Waals surface area contributed by atoms with Gasteiger partial charge < -0.3 is 10.6 Å². The zero-order valence-electron chi connectivity index (χ0n) is 14.4. The zero-order valence-corrected chi connectivity index (χ0v) is 14.4. The van der Waals surface area contributed by atoms with E-state index in [0.717, 1.165) is 38.8 Å². The molecule has 2 rings (SSSR count). The molecular weight excluding hydrogens is 260 g/mol. The molecule has 0 spiro atoms. The largest absolute Gasteiger partial charge is 0.353 e. The molecule has 122 valence electrons. The summed E-state index contributed by atoms with van der Waals surface area (Å²) >= 11 is 0. The Hall–Kier alpha value is -0.570. The molecule has 1 saturated heterocycles. The second-order valence-corrected chi connectivity index (χ2v) is 8.29. The molecule has 1 heterocycles. The Morgan fingerprint density at radius 3 is 2.57 bits per heavy atom. The van der Waals surface area contributed by atoms with E-state index >= 15 is 0 Å². The molecule has 1 saturated carbocycles. The molecule has 3 nitrogen and oxygen atoms in total. The van der Waals surface area contributed by atoms with E-state index in [1.165, 1.54) is 19.3 Å². The van der Waals surface area contributed by atoms with Crippen LogP contribution in [0.1, 0.15) is 72.6 Å². The van der Waals surface area contributed by atoms with Crippen LogP contribution in [0.4, 0.5) is 0 Å². The highest BCUT2D eigenvalue weighted by Crippen LogP contribution is 2.39. The Labute approximate surface area is 130 Å². The van der Waals surface area contributed by atoms with Gasteiger partial charge in [0.15, 0.2) is 0 Å². The quantitative estimate of drug-likeness (QED) is 0.833. The Balaban J connectivity index is 2.05. The minimum Gasteiger partial charge on any atom is -0.353 e. The molecule has 3 heteroatoms. The van der Waals surface area contributed by atoms with Crippen LogP contribution in [0.5, 0.6) is 0 Å². The average Bonchev–Trinajstić information content (AvgIpc) is 2.88. The molecule has 2 fully saturated rings. The molecule has 3 atom stereocenters. The smallest absolute Gasteiger partial charge is 0.227 e. The molecule has 0 aromatic rings. The van der Waals surface area contributed by atoms with Crippen LogP contribution in [-0.2, 0) is 4.79 Å². The zero-order chi connectivity index (χ0) is 15.5. The lowest BCUT2D eigenvalue weighted by Crippen LogP contribution is -2.52. The van der Waals surface area contributed by atoms with Crippen molar-refractivity contribution in [2.24, 2.45) is 16.7 Å². The van der Waals surface area contributed by atoms with Crippen molar-refractivity contribution in [1.29, 1.82) is 0 Å². The summed E-state index contributed by atoms with van der Waals surface area (Å²) in [5.74, 6) is 0.929. The van der Waals surface area contributed by atoms with Gasteiger partial charge in [0, 0.05) is 12.6 Å². The fourth-order valence-corrected chi connectivity index (χ4v) is 4.40. The highest BCUT2D eigenvalue weighted by Gasteiger charge is 2.43. The first-order valence-corrected chi connectivity index (χ1v) is 8.91. The lowest BCUT2D eigenvalue weighted by atomic mass is 9.69. The van der Waals surface area contributed by atoms with Crippen molar-refractivity contribution in [1.82, 2.24) is 10.6 Å². The van der Waals surface area contributed by atoms with Crippen LogP contribution in [0.2, 0.25) is 0 Å². The van der Waals surface area contributed by atoms with Crippen molar-refractivity contribution in [3.8, 4) is 0 Å². The van der Waals surface area contributed by atoms with E-state index in [4.69, 9.17) is 0 Å². The van der Waals surface area contributed by atoms with E-state index in [9.17, 15) is 4.79 Å². The molecule has 0 aromatic carbocycles.